The molecule has 0 saturated heterocycles. The van der Waals surface area contributed by atoms with Crippen LogP contribution in [0.5, 0.6) is 0 Å². The molecule has 1 aromatic rings. The van der Waals surface area contributed by atoms with Crippen molar-refractivity contribution in [1.82, 2.24) is 9.78 Å². The van der Waals surface area contributed by atoms with Gasteiger partial charge in [-0.15, -0.1) is 0 Å². The van der Waals surface area contributed by atoms with Gasteiger partial charge in [0.15, 0.2) is 0 Å². The highest BCUT2D eigenvalue weighted by Crippen LogP contribution is 2.15. The minimum Gasteiger partial charge on any atom is -0.267 e. The van der Waals surface area contributed by atoms with Crippen molar-refractivity contribution in [2.24, 2.45) is 0 Å². The monoisotopic (exact) mass is 275 g/mol. The van der Waals surface area contributed by atoms with Crippen molar-refractivity contribution in [2.75, 3.05) is 0 Å². The first kappa shape index (κ1) is 9.52. The van der Waals surface area contributed by atoms with Gasteiger partial charge in [-0.1, -0.05) is 0 Å². The average Bonchev–Trinajstić information content (AvgIpc) is 2.30. The molecule has 0 aliphatic carbocycles. The first-order valence-corrected chi connectivity index (χ1v) is 4.81. The first-order chi connectivity index (χ1) is 5.66. The zero-order chi connectivity index (χ0) is 9.14. The molecule has 0 radical (unpaired) electrons. The molecule has 0 unspecified atom stereocenters. The third-order valence-corrected chi connectivity index (χ3v) is 3.29. The Labute approximate surface area is 85.5 Å². The van der Waals surface area contributed by atoms with Crippen LogP contribution in [0.25, 0.3) is 0 Å². The van der Waals surface area contributed by atoms with E-state index in [-0.39, 0.29) is 0 Å². The molecule has 1 heterocycles. The van der Waals surface area contributed by atoms with Crippen LogP contribution in [0.15, 0.2) is 0 Å². The summed E-state index contributed by atoms with van der Waals surface area (Å²) in [5.41, 5.74) is 2.20. The molecule has 0 aromatic carbocycles. The molecule has 0 aliphatic rings. The number of hydrogen-bond donors (Lipinski definition) is 0. The van der Waals surface area contributed by atoms with Crippen LogP contribution in [0.2, 0.25) is 0 Å². The molecule has 64 valence electrons. The molecule has 1 rings (SSSR count). The van der Waals surface area contributed by atoms with Gasteiger partial charge in [0, 0.05) is 5.69 Å². The Balaban J connectivity index is 2.87. The van der Waals surface area contributed by atoms with E-state index in [1.807, 2.05) is 18.5 Å². The van der Waals surface area contributed by atoms with E-state index in [2.05, 4.69) is 33.8 Å². The van der Waals surface area contributed by atoms with Gasteiger partial charge in [-0.05, 0) is 36.4 Å². The van der Waals surface area contributed by atoms with Crippen molar-refractivity contribution >= 4 is 22.6 Å². The topological polar surface area (TPSA) is 41.6 Å². The van der Waals surface area contributed by atoms with E-state index in [0.29, 0.717) is 13.0 Å². The minimum atomic E-state index is 0.526. The summed E-state index contributed by atoms with van der Waals surface area (Å²) < 4.78 is 3.09. The lowest BCUT2D eigenvalue weighted by Gasteiger charge is -1.98. The Hall–Kier alpha value is -0.570. The summed E-state index contributed by atoms with van der Waals surface area (Å²) in [6.45, 7) is 4.71. The largest absolute Gasteiger partial charge is 0.267 e. The Kier molecular flexibility index (Phi) is 3.09. The van der Waals surface area contributed by atoms with E-state index in [9.17, 15) is 0 Å². The average molecular weight is 275 g/mol. The fourth-order valence-electron chi connectivity index (χ4n) is 1.05. The molecule has 0 saturated carbocycles. The maximum absolute atomic E-state index is 8.40. The molecule has 12 heavy (non-hydrogen) atoms. The standard InChI is InChI=1S/C8H10IN3/c1-6-8(9)7(2)12(11-6)5-3-4-10/h3,5H2,1-2H3. The van der Waals surface area contributed by atoms with Gasteiger partial charge < -0.3 is 0 Å². The van der Waals surface area contributed by atoms with E-state index in [1.165, 1.54) is 3.57 Å². The van der Waals surface area contributed by atoms with Crippen LogP contribution in [-0.4, -0.2) is 9.78 Å². The molecular formula is C8H10IN3. The maximum Gasteiger partial charge on any atom is 0.0729 e. The number of halogens is 1. The molecule has 1 aromatic heterocycles. The van der Waals surface area contributed by atoms with Crippen LogP contribution in [0, 0.1) is 28.7 Å². The zero-order valence-electron chi connectivity index (χ0n) is 7.13. The smallest absolute Gasteiger partial charge is 0.0729 e. The predicted molar refractivity (Wildman–Crippen MR) is 54.6 cm³/mol. The third kappa shape index (κ3) is 1.78. The van der Waals surface area contributed by atoms with E-state index in [4.69, 9.17) is 5.26 Å². The number of nitriles is 1. The predicted octanol–water partition coefficient (Wildman–Crippen LogP) is 2.02. The fourth-order valence-corrected chi connectivity index (χ4v) is 1.43. The summed E-state index contributed by atoms with van der Waals surface area (Å²) in [5, 5.41) is 12.7. The molecule has 0 aliphatic heterocycles. The lowest BCUT2D eigenvalue weighted by atomic mass is 10.4. The number of rotatable bonds is 2. The summed E-state index contributed by atoms with van der Waals surface area (Å²) in [7, 11) is 0. The lowest BCUT2D eigenvalue weighted by molar-refractivity contribution is 0.605. The number of aromatic nitrogens is 2. The Morgan fingerprint density at radius 2 is 2.25 bits per heavy atom. The quantitative estimate of drug-likeness (QED) is 0.775. The van der Waals surface area contributed by atoms with Crippen molar-refractivity contribution in [3.63, 3.8) is 0 Å². The second kappa shape index (κ2) is 3.90. The molecule has 0 fully saturated rings. The van der Waals surface area contributed by atoms with Gasteiger partial charge in [0.1, 0.15) is 0 Å². The molecule has 0 bridgehead atoms. The van der Waals surface area contributed by atoms with Gasteiger partial charge in [0.25, 0.3) is 0 Å². The number of hydrogen-bond acceptors (Lipinski definition) is 2. The molecule has 0 spiro atoms. The SMILES string of the molecule is Cc1nn(CCC#N)c(C)c1I. The highest BCUT2D eigenvalue weighted by molar-refractivity contribution is 14.1. The van der Waals surface area contributed by atoms with Gasteiger partial charge in [-0.2, -0.15) is 10.4 Å². The fraction of sp³-hybridized carbons (Fsp3) is 0.500. The molecule has 0 N–H and O–H groups in total. The van der Waals surface area contributed by atoms with E-state index >= 15 is 0 Å². The molecule has 0 amide bonds. The molecule has 3 nitrogen and oxygen atoms in total. The summed E-state index contributed by atoms with van der Waals surface area (Å²) in [6.07, 6.45) is 0.526. The highest BCUT2D eigenvalue weighted by Gasteiger charge is 2.06. The number of nitrogens with zero attached hydrogens (tertiary/aromatic N) is 3. The van der Waals surface area contributed by atoms with Crippen LogP contribution in [-0.2, 0) is 6.54 Å². The summed E-state index contributed by atoms with van der Waals surface area (Å²) >= 11 is 2.28. The van der Waals surface area contributed by atoms with Crippen LogP contribution < -0.4 is 0 Å². The van der Waals surface area contributed by atoms with Gasteiger partial charge in [-0.25, -0.2) is 0 Å². The molecule has 4 heteroatoms. The second-order valence-corrected chi connectivity index (χ2v) is 3.69. The van der Waals surface area contributed by atoms with Crippen LogP contribution in [0.4, 0.5) is 0 Å². The minimum absolute atomic E-state index is 0.526. The van der Waals surface area contributed by atoms with Gasteiger partial charge >= 0.3 is 0 Å². The Morgan fingerprint density at radius 3 is 2.67 bits per heavy atom. The summed E-state index contributed by atoms with van der Waals surface area (Å²) in [6, 6.07) is 2.11. The van der Waals surface area contributed by atoms with Crippen molar-refractivity contribution in [3.8, 4) is 6.07 Å². The van der Waals surface area contributed by atoms with Crippen LogP contribution in [0.1, 0.15) is 17.8 Å². The Morgan fingerprint density at radius 1 is 1.58 bits per heavy atom. The lowest BCUT2D eigenvalue weighted by Crippen LogP contribution is -2.01. The second-order valence-electron chi connectivity index (χ2n) is 2.62. The molecule has 0 atom stereocenters. The van der Waals surface area contributed by atoms with Crippen molar-refractivity contribution in [3.05, 3.63) is 15.0 Å². The summed E-state index contributed by atoms with van der Waals surface area (Å²) in [4.78, 5) is 0. The van der Waals surface area contributed by atoms with Gasteiger partial charge in [0.2, 0.25) is 0 Å². The highest BCUT2D eigenvalue weighted by atomic mass is 127. The van der Waals surface area contributed by atoms with E-state index < -0.39 is 0 Å². The third-order valence-electron chi connectivity index (χ3n) is 1.73. The van der Waals surface area contributed by atoms with Crippen molar-refractivity contribution in [2.45, 2.75) is 26.8 Å². The van der Waals surface area contributed by atoms with E-state index in [0.717, 1.165) is 11.4 Å². The van der Waals surface area contributed by atoms with Crippen molar-refractivity contribution < 1.29 is 0 Å². The van der Waals surface area contributed by atoms with Gasteiger partial charge in [-0.3, -0.25) is 4.68 Å². The van der Waals surface area contributed by atoms with Crippen molar-refractivity contribution in [1.29, 1.82) is 5.26 Å². The molecular weight excluding hydrogens is 265 g/mol. The van der Waals surface area contributed by atoms with Crippen LogP contribution >= 0.6 is 22.6 Å². The summed E-state index contributed by atoms with van der Waals surface area (Å²) in [5.74, 6) is 0. The number of aryl methyl sites for hydroxylation is 2. The van der Waals surface area contributed by atoms with Gasteiger partial charge in [0.05, 0.1) is 28.3 Å². The zero-order valence-corrected chi connectivity index (χ0v) is 9.29. The van der Waals surface area contributed by atoms with E-state index in [1.54, 1.807) is 0 Å². The van der Waals surface area contributed by atoms with Crippen LogP contribution in [0.3, 0.4) is 0 Å². The Bertz CT molecular complexity index is 322. The maximum atomic E-state index is 8.40. The normalized spacial score (nSPS) is 9.83. The first-order valence-electron chi connectivity index (χ1n) is 3.73.